The topological polar surface area (TPSA) is 43.1 Å². The number of rotatable bonds is 2. The molecule has 0 amide bonds. The fourth-order valence-corrected chi connectivity index (χ4v) is 1.28. The largest absolute Gasteiger partial charge is 0.273 e. The van der Waals surface area contributed by atoms with Gasteiger partial charge in [-0.1, -0.05) is 34.1 Å². The number of nitrogens with zero attached hydrogens (tertiary/aromatic N) is 1. The van der Waals surface area contributed by atoms with Gasteiger partial charge in [0.2, 0.25) is 0 Å². The highest BCUT2D eigenvalue weighted by atomic mass is 79.9. The van der Waals surface area contributed by atoms with E-state index >= 15 is 0 Å². The first-order chi connectivity index (χ1) is 5.25. The summed E-state index contributed by atoms with van der Waals surface area (Å²) in [6.45, 7) is 0. The van der Waals surface area contributed by atoms with E-state index in [9.17, 15) is 10.1 Å². The van der Waals surface area contributed by atoms with Crippen molar-refractivity contribution in [2.45, 2.75) is 5.33 Å². The van der Waals surface area contributed by atoms with Crippen molar-refractivity contribution in [2.75, 3.05) is 0 Å². The van der Waals surface area contributed by atoms with Crippen LogP contribution in [0.25, 0.3) is 0 Å². The normalized spacial score (nSPS) is 8.75. The van der Waals surface area contributed by atoms with Crippen LogP contribution in [-0.4, -0.2) is 4.92 Å². The van der Waals surface area contributed by atoms with E-state index in [1.165, 1.54) is 6.07 Å². The molecule has 0 aromatic heterocycles. The molecule has 0 N–H and O–H groups in total. The van der Waals surface area contributed by atoms with Gasteiger partial charge in [-0.05, 0) is 0 Å². The van der Waals surface area contributed by atoms with Crippen LogP contribution in [0.4, 0.5) is 5.69 Å². The summed E-state index contributed by atoms with van der Waals surface area (Å²) in [4.78, 5) is 9.99. The second kappa shape index (κ2) is 5.27. The summed E-state index contributed by atoms with van der Waals surface area (Å²) in [5.41, 5.74) is 0.877. The Hall–Kier alpha value is -0.420. The molecule has 0 aliphatic rings. The lowest BCUT2D eigenvalue weighted by Crippen LogP contribution is -1.91. The molecule has 0 saturated heterocycles. The van der Waals surface area contributed by atoms with E-state index in [0.717, 1.165) is 0 Å². The lowest BCUT2D eigenvalue weighted by molar-refractivity contribution is -0.385. The van der Waals surface area contributed by atoms with Gasteiger partial charge in [-0.3, -0.25) is 10.1 Å². The number of hydrogen-bond donors (Lipinski definition) is 0. The Balaban J connectivity index is 0.00000121. The van der Waals surface area contributed by atoms with Crippen molar-refractivity contribution in [1.29, 1.82) is 0 Å². The Bertz CT molecular complexity index is 278. The molecule has 0 radical (unpaired) electrons. The minimum atomic E-state index is -0.378. The summed E-state index contributed by atoms with van der Waals surface area (Å²) in [6.07, 6.45) is 0. The smallest absolute Gasteiger partial charge is 0.258 e. The zero-order chi connectivity index (χ0) is 8.27. The predicted octanol–water partition coefficient (Wildman–Crippen LogP) is 3.07. The van der Waals surface area contributed by atoms with Crippen molar-refractivity contribution >= 4 is 38.6 Å². The summed E-state index contributed by atoms with van der Waals surface area (Å²) in [5.74, 6) is 0. The summed E-state index contributed by atoms with van der Waals surface area (Å²) >= 11 is 3.17. The molecule has 66 valence electrons. The second-order valence-electron chi connectivity index (χ2n) is 2.02. The molecule has 0 atom stereocenters. The van der Waals surface area contributed by atoms with Crippen LogP contribution in [0.15, 0.2) is 24.3 Å². The molecule has 0 aliphatic heterocycles. The van der Waals surface area contributed by atoms with Crippen LogP contribution in [0.1, 0.15) is 5.56 Å². The van der Waals surface area contributed by atoms with Crippen LogP contribution in [0, 0.1) is 10.1 Å². The van der Waals surface area contributed by atoms with Crippen LogP contribution in [-0.2, 0) is 5.33 Å². The van der Waals surface area contributed by atoms with Gasteiger partial charge < -0.3 is 0 Å². The molecule has 1 aromatic carbocycles. The predicted molar refractivity (Wildman–Crippen MR) is 56.0 cm³/mol. The van der Waals surface area contributed by atoms with Crippen molar-refractivity contribution in [3.63, 3.8) is 0 Å². The minimum Gasteiger partial charge on any atom is -0.258 e. The average molecular weight is 297 g/mol. The molecule has 1 aromatic rings. The first-order valence-electron chi connectivity index (χ1n) is 3.04. The molecule has 0 spiro atoms. The maximum Gasteiger partial charge on any atom is 0.273 e. The van der Waals surface area contributed by atoms with E-state index in [-0.39, 0.29) is 27.6 Å². The van der Waals surface area contributed by atoms with Crippen LogP contribution in [0.5, 0.6) is 0 Å². The van der Waals surface area contributed by atoms with Gasteiger partial charge in [0.25, 0.3) is 5.69 Å². The second-order valence-corrected chi connectivity index (χ2v) is 2.58. The number of nitro benzene ring substituents is 1. The molecule has 12 heavy (non-hydrogen) atoms. The Morgan fingerprint density at radius 2 is 2.00 bits per heavy atom. The molecule has 5 heteroatoms. The highest BCUT2D eigenvalue weighted by Gasteiger charge is 2.09. The summed E-state index contributed by atoms with van der Waals surface area (Å²) in [7, 11) is 0. The fourth-order valence-electron chi connectivity index (χ4n) is 0.802. The number of halogens is 2. The molecular weight excluding hydrogens is 290 g/mol. The Labute approximate surface area is 88.8 Å². The molecule has 0 fully saturated rings. The number of alkyl halides is 1. The van der Waals surface area contributed by atoms with Gasteiger partial charge >= 0.3 is 0 Å². The molecule has 1 rings (SSSR count). The first-order valence-corrected chi connectivity index (χ1v) is 4.16. The van der Waals surface area contributed by atoms with E-state index in [1.807, 2.05) is 0 Å². The molecular formula is C7H7Br2NO2. The average Bonchev–Trinajstić information content (AvgIpc) is 2.04. The van der Waals surface area contributed by atoms with Crippen molar-refractivity contribution in [1.82, 2.24) is 0 Å². The van der Waals surface area contributed by atoms with E-state index in [4.69, 9.17) is 0 Å². The van der Waals surface area contributed by atoms with E-state index in [0.29, 0.717) is 10.9 Å². The van der Waals surface area contributed by atoms with E-state index < -0.39 is 0 Å². The van der Waals surface area contributed by atoms with Gasteiger partial charge in [-0.25, -0.2) is 0 Å². The molecule has 3 nitrogen and oxygen atoms in total. The number of benzene rings is 1. The van der Waals surface area contributed by atoms with Crippen molar-refractivity contribution in [3.8, 4) is 0 Å². The molecule has 0 bridgehead atoms. The summed E-state index contributed by atoms with van der Waals surface area (Å²) in [5, 5.41) is 10.9. The van der Waals surface area contributed by atoms with Crippen LogP contribution >= 0.6 is 32.9 Å². The third-order valence-electron chi connectivity index (χ3n) is 1.33. The third kappa shape index (κ3) is 2.57. The van der Waals surface area contributed by atoms with Gasteiger partial charge in [0.15, 0.2) is 0 Å². The van der Waals surface area contributed by atoms with Gasteiger partial charge in [-0.2, -0.15) is 0 Å². The molecule has 0 heterocycles. The Morgan fingerprint density at radius 1 is 1.42 bits per heavy atom. The third-order valence-corrected chi connectivity index (χ3v) is 1.94. The van der Waals surface area contributed by atoms with Crippen LogP contribution < -0.4 is 0 Å². The Morgan fingerprint density at radius 3 is 2.42 bits per heavy atom. The first kappa shape index (κ1) is 11.6. The number of para-hydroxylation sites is 1. The summed E-state index contributed by atoms with van der Waals surface area (Å²) in [6, 6.07) is 6.66. The van der Waals surface area contributed by atoms with Crippen molar-refractivity contribution in [3.05, 3.63) is 39.9 Å². The Kier molecular flexibility index (Phi) is 5.08. The fraction of sp³-hybridized carbons (Fsp3) is 0.143. The highest BCUT2D eigenvalue weighted by molar-refractivity contribution is 9.08. The summed E-state index contributed by atoms with van der Waals surface area (Å²) < 4.78 is 0. The molecule has 0 aliphatic carbocycles. The number of nitro groups is 1. The van der Waals surface area contributed by atoms with Gasteiger partial charge in [0.1, 0.15) is 0 Å². The van der Waals surface area contributed by atoms with E-state index in [1.54, 1.807) is 18.2 Å². The lowest BCUT2D eigenvalue weighted by atomic mass is 10.2. The molecule has 0 unspecified atom stereocenters. The van der Waals surface area contributed by atoms with Crippen molar-refractivity contribution in [2.24, 2.45) is 0 Å². The van der Waals surface area contributed by atoms with Crippen LogP contribution in [0.3, 0.4) is 0 Å². The van der Waals surface area contributed by atoms with E-state index in [2.05, 4.69) is 15.9 Å². The zero-order valence-corrected chi connectivity index (χ0v) is 9.37. The quantitative estimate of drug-likeness (QED) is 0.478. The van der Waals surface area contributed by atoms with Gasteiger partial charge in [-0.15, -0.1) is 17.0 Å². The molecule has 0 saturated carbocycles. The zero-order valence-electron chi connectivity index (χ0n) is 6.07. The monoisotopic (exact) mass is 295 g/mol. The highest BCUT2D eigenvalue weighted by Crippen LogP contribution is 2.19. The van der Waals surface area contributed by atoms with Crippen LogP contribution in [0.2, 0.25) is 0 Å². The lowest BCUT2D eigenvalue weighted by Gasteiger charge is -1.95. The minimum absolute atomic E-state index is 0. The van der Waals surface area contributed by atoms with Gasteiger partial charge in [0.05, 0.1) is 4.92 Å². The maximum atomic E-state index is 10.4. The standard InChI is InChI=1S/C7H6BrNO2.BrH/c8-5-6-3-1-2-4-7(6)9(10)11;/h1-4H,5H2;1H. The van der Waals surface area contributed by atoms with Crippen molar-refractivity contribution < 1.29 is 4.92 Å². The maximum absolute atomic E-state index is 10.4. The van der Waals surface area contributed by atoms with Gasteiger partial charge in [0, 0.05) is 17.0 Å². The SMILES string of the molecule is Br.O=[N+]([O-])c1ccccc1CBr. The number of hydrogen-bond acceptors (Lipinski definition) is 2.